The molecule has 0 saturated heterocycles. The van der Waals surface area contributed by atoms with Gasteiger partial charge < -0.3 is 9.32 Å². The summed E-state index contributed by atoms with van der Waals surface area (Å²) in [4.78, 5) is 17.2. The molecule has 2 aromatic rings. The van der Waals surface area contributed by atoms with Gasteiger partial charge in [0, 0.05) is 18.5 Å². The van der Waals surface area contributed by atoms with E-state index < -0.39 is 0 Å². The van der Waals surface area contributed by atoms with Crippen LogP contribution in [-0.4, -0.2) is 42.6 Å². The molecule has 0 aliphatic rings. The van der Waals surface area contributed by atoms with Crippen molar-refractivity contribution in [3.8, 4) is 0 Å². The third-order valence-electron chi connectivity index (χ3n) is 3.42. The minimum atomic E-state index is 0.0830. The van der Waals surface area contributed by atoms with Gasteiger partial charge in [0.1, 0.15) is 5.76 Å². The van der Waals surface area contributed by atoms with E-state index in [-0.39, 0.29) is 5.91 Å². The SMILES string of the molecule is CSc1ccc(CN(C)CC(=O)N(C)Cc2ccco2)cc1. The molecule has 0 bridgehead atoms. The molecule has 118 valence electrons. The van der Waals surface area contributed by atoms with Crippen molar-refractivity contribution in [3.63, 3.8) is 0 Å². The Morgan fingerprint density at radius 3 is 2.45 bits per heavy atom. The van der Waals surface area contributed by atoms with Crippen LogP contribution in [0.4, 0.5) is 0 Å². The molecule has 4 nitrogen and oxygen atoms in total. The summed E-state index contributed by atoms with van der Waals surface area (Å²) < 4.78 is 5.27. The highest BCUT2D eigenvalue weighted by Gasteiger charge is 2.13. The Kier molecular flexibility index (Phi) is 6.10. The molecule has 5 heteroatoms. The van der Waals surface area contributed by atoms with Crippen molar-refractivity contribution >= 4 is 17.7 Å². The van der Waals surface area contributed by atoms with Crippen LogP contribution in [0.15, 0.2) is 52.0 Å². The number of benzene rings is 1. The summed E-state index contributed by atoms with van der Waals surface area (Å²) in [6.07, 6.45) is 3.69. The van der Waals surface area contributed by atoms with Crippen molar-refractivity contribution < 1.29 is 9.21 Å². The van der Waals surface area contributed by atoms with E-state index in [2.05, 4.69) is 30.5 Å². The van der Waals surface area contributed by atoms with E-state index in [9.17, 15) is 4.79 Å². The van der Waals surface area contributed by atoms with E-state index >= 15 is 0 Å². The maximum atomic E-state index is 12.2. The van der Waals surface area contributed by atoms with Gasteiger partial charge in [0.05, 0.1) is 19.4 Å². The van der Waals surface area contributed by atoms with Gasteiger partial charge in [-0.15, -0.1) is 11.8 Å². The highest BCUT2D eigenvalue weighted by molar-refractivity contribution is 7.98. The summed E-state index contributed by atoms with van der Waals surface area (Å²) in [6.45, 7) is 1.65. The van der Waals surface area contributed by atoms with Gasteiger partial charge in [-0.3, -0.25) is 9.69 Å². The monoisotopic (exact) mass is 318 g/mol. The van der Waals surface area contributed by atoms with Crippen LogP contribution in [0.3, 0.4) is 0 Å². The van der Waals surface area contributed by atoms with Crippen LogP contribution in [0.1, 0.15) is 11.3 Å². The van der Waals surface area contributed by atoms with Crippen LogP contribution in [0, 0.1) is 0 Å². The van der Waals surface area contributed by atoms with Gasteiger partial charge in [-0.05, 0) is 43.1 Å². The number of carbonyl (C=O) groups excluding carboxylic acids is 1. The van der Waals surface area contributed by atoms with Crippen molar-refractivity contribution in [2.24, 2.45) is 0 Å². The molecule has 0 atom stereocenters. The molecule has 1 aromatic heterocycles. The van der Waals surface area contributed by atoms with E-state index in [1.54, 1.807) is 30.0 Å². The summed E-state index contributed by atoms with van der Waals surface area (Å²) in [7, 11) is 3.76. The second kappa shape index (κ2) is 8.06. The number of hydrogen-bond acceptors (Lipinski definition) is 4. The zero-order chi connectivity index (χ0) is 15.9. The van der Waals surface area contributed by atoms with E-state index in [4.69, 9.17) is 4.42 Å². The van der Waals surface area contributed by atoms with Crippen molar-refractivity contribution in [3.05, 3.63) is 54.0 Å². The lowest BCUT2D eigenvalue weighted by Gasteiger charge is -2.21. The molecule has 0 unspecified atom stereocenters. The smallest absolute Gasteiger partial charge is 0.236 e. The zero-order valence-corrected chi connectivity index (χ0v) is 14.1. The molecule has 0 spiro atoms. The van der Waals surface area contributed by atoms with E-state index in [1.807, 2.05) is 24.1 Å². The molecular weight excluding hydrogens is 296 g/mol. The maximum absolute atomic E-state index is 12.2. The molecule has 2 rings (SSSR count). The Morgan fingerprint density at radius 2 is 1.86 bits per heavy atom. The predicted molar refractivity (Wildman–Crippen MR) is 89.7 cm³/mol. The molecule has 0 aliphatic heterocycles. The fraction of sp³-hybridized carbons (Fsp3) is 0.353. The Hall–Kier alpha value is -1.72. The highest BCUT2D eigenvalue weighted by atomic mass is 32.2. The first-order valence-electron chi connectivity index (χ1n) is 7.16. The lowest BCUT2D eigenvalue weighted by molar-refractivity contribution is -0.131. The predicted octanol–water partition coefficient (Wildman–Crippen LogP) is 3.09. The molecule has 0 radical (unpaired) electrons. The number of likely N-dealkylation sites (N-methyl/N-ethyl adjacent to an activating group) is 2. The summed E-state index contributed by atoms with van der Waals surface area (Å²) in [6, 6.07) is 12.1. The van der Waals surface area contributed by atoms with Crippen LogP contribution in [0.5, 0.6) is 0 Å². The minimum absolute atomic E-state index is 0.0830. The van der Waals surface area contributed by atoms with Crippen LogP contribution >= 0.6 is 11.8 Å². The molecule has 1 aromatic carbocycles. The molecule has 0 fully saturated rings. The average molecular weight is 318 g/mol. The third-order valence-corrected chi connectivity index (χ3v) is 4.16. The number of amides is 1. The number of carbonyl (C=O) groups is 1. The second-order valence-electron chi connectivity index (χ2n) is 5.35. The summed E-state index contributed by atoms with van der Waals surface area (Å²) in [5.74, 6) is 0.880. The van der Waals surface area contributed by atoms with E-state index in [0.29, 0.717) is 13.1 Å². The van der Waals surface area contributed by atoms with Gasteiger partial charge in [0.2, 0.25) is 5.91 Å². The Labute approximate surface area is 136 Å². The molecule has 0 aliphatic carbocycles. The highest BCUT2D eigenvalue weighted by Crippen LogP contribution is 2.15. The summed E-state index contributed by atoms with van der Waals surface area (Å²) in [5, 5.41) is 0. The van der Waals surface area contributed by atoms with Crippen molar-refractivity contribution in [2.75, 3.05) is 26.9 Å². The van der Waals surface area contributed by atoms with E-state index in [1.165, 1.54) is 10.5 Å². The molecule has 0 N–H and O–H groups in total. The van der Waals surface area contributed by atoms with Crippen molar-refractivity contribution in [2.45, 2.75) is 18.0 Å². The van der Waals surface area contributed by atoms with Gasteiger partial charge >= 0.3 is 0 Å². The lowest BCUT2D eigenvalue weighted by Crippen LogP contribution is -2.35. The fourth-order valence-electron chi connectivity index (χ4n) is 2.17. The normalized spacial score (nSPS) is 10.9. The second-order valence-corrected chi connectivity index (χ2v) is 6.23. The maximum Gasteiger partial charge on any atom is 0.236 e. The molecule has 1 amide bonds. The van der Waals surface area contributed by atoms with Crippen LogP contribution in [0.2, 0.25) is 0 Å². The average Bonchev–Trinajstić information content (AvgIpc) is 3.00. The first kappa shape index (κ1) is 16.6. The first-order valence-corrected chi connectivity index (χ1v) is 8.39. The fourth-order valence-corrected chi connectivity index (χ4v) is 2.58. The largest absolute Gasteiger partial charge is 0.467 e. The standard InChI is InChI=1S/C17H22N2O2S/c1-18(11-14-6-8-16(22-3)9-7-14)13-17(20)19(2)12-15-5-4-10-21-15/h4-10H,11-13H2,1-3H3. The van der Waals surface area contributed by atoms with Gasteiger partial charge in [0.15, 0.2) is 0 Å². The van der Waals surface area contributed by atoms with Gasteiger partial charge in [-0.25, -0.2) is 0 Å². The minimum Gasteiger partial charge on any atom is -0.467 e. The lowest BCUT2D eigenvalue weighted by atomic mass is 10.2. The van der Waals surface area contributed by atoms with Gasteiger partial charge in [0.25, 0.3) is 0 Å². The Balaban J connectivity index is 1.82. The Morgan fingerprint density at radius 1 is 1.14 bits per heavy atom. The summed E-state index contributed by atoms with van der Waals surface area (Å²) in [5.41, 5.74) is 1.21. The number of thioether (sulfide) groups is 1. The first-order chi connectivity index (χ1) is 10.6. The molecule has 0 saturated carbocycles. The molecule has 1 heterocycles. The molecule has 22 heavy (non-hydrogen) atoms. The van der Waals surface area contributed by atoms with Crippen LogP contribution in [0.25, 0.3) is 0 Å². The number of furan rings is 1. The van der Waals surface area contributed by atoms with Crippen LogP contribution in [-0.2, 0) is 17.9 Å². The third kappa shape index (κ3) is 4.93. The number of rotatable bonds is 7. The van der Waals surface area contributed by atoms with E-state index in [0.717, 1.165) is 12.3 Å². The summed E-state index contributed by atoms with van der Waals surface area (Å²) >= 11 is 1.73. The number of hydrogen-bond donors (Lipinski definition) is 0. The van der Waals surface area contributed by atoms with Crippen molar-refractivity contribution in [1.82, 2.24) is 9.80 Å². The quantitative estimate of drug-likeness (QED) is 0.735. The Bertz CT molecular complexity index is 581. The molecular formula is C17H22N2O2S. The van der Waals surface area contributed by atoms with Gasteiger partial charge in [-0.2, -0.15) is 0 Å². The van der Waals surface area contributed by atoms with Crippen molar-refractivity contribution in [1.29, 1.82) is 0 Å². The van der Waals surface area contributed by atoms with Crippen LogP contribution < -0.4 is 0 Å². The van der Waals surface area contributed by atoms with Gasteiger partial charge in [-0.1, -0.05) is 12.1 Å². The zero-order valence-electron chi connectivity index (χ0n) is 13.3. The number of nitrogens with zero attached hydrogens (tertiary/aromatic N) is 2. The topological polar surface area (TPSA) is 36.7 Å².